The van der Waals surface area contributed by atoms with E-state index >= 15 is 0 Å². The average Bonchev–Trinajstić information content (AvgIpc) is 3.19. The zero-order valence-corrected chi connectivity index (χ0v) is 15.1. The minimum Gasteiger partial charge on any atom is -0.347 e. The maximum absolute atomic E-state index is 12.9. The molecular weight excluding hydrogens is 356 g/mol. The van der Waals surface area contributed by atoms with Gasteiger partial charge < -0.3 is 5.32 Å². The van der Waals surface area contributed by atoms with E-state index in [0.29, 0.717) is 11.1 Å². The third kappa shape index (κ3) is 2.60. The number of hydrogen-bond acceptors (Lipinski definition) is 4. The Morgan fingerprint density at radius 2 is 1.92 bits per heavy atom. The van der Waals surface area contributed by atoms with Gasteiger partial charge in [0.1, 0.15) is 6.54 Å². The van der Waals surface area contributed by atoms with Crippen molar-refractivity contribution in [1.29, 1.82) is 0 Å². The number of nitrogens with zero attached hydrogens (tertiary/aromatic N) is 1. The van der Waals surface area contributed by atoms with Crippen molar-refractivity contribution in [2.45, 2.75) is 17.9 Å². The van der Waals surface area contributed by atoms with Crippen molar-refractivity contribution in [3.05, 3.63) is 58.8 Å². The quantitative estimate of drug-likeness (QED) is 0.764. The number of benzene rings is 2. The molecule has 0 saturated carbocycles. The highest BCUT2D eigenvalue weighted by Gasteiger charge is 2.36. The van der Waals surface area contributed by atoms with Gasteiger partial charge in [0.25, 0.3) is 10.0 Å². The zero-order chi connectivity index (χ0) is 17.6. The monoisotopic (exact) mass is 372 g/mol. The molecule has 0 spiro atoms. The van der Waals surface area contributed by atoms with Crippen LogP contribution < -0.4 is 9.62 Å². The van der Waals surface area contributed by atoms with Crippen LogP contribution in [0.15, 0.2) is 58.8 Å². The summed E-state index contributed by atoms with van der Waals surface area (Å²) in [6, 6.07) is 14.3. The summed E-state index contributed by atoms with van der Waals surface area (Å²) in [6.07, 6.45) is 0. The average molecular weight is 372 g/mol. The first-order chi connectivity index (χ1) is 12.0. The number of thiophene rings is 1. The molecule has 25 heavy (non-hydrogen) atoms. The van der Waals surface area contributed by atoms with Crippen molar-refractivity contribution in [1.82, 2.24) is 5.32 Å². The van der Waals surface area contributed by atoms with E-state index in [-0.39, 0.29) is 23.4 Å². The van der Waals surface area contributed by atoms with Crippen molar-refractivity contribution in [3.8, 4) is 0 Å². The summed E-state index contributed by atoms with van der Waals surface area (Å²) < 4.78 is 26.9. The van der Waals surface area contributed by atoms with E-state index in [1.165, 1.54) is 4.31 Å². The normalized spacial score (nSPS) is 16.1. The molecule has 0 fully saturated rings. The molecule has 128 valence electrons. The van der Waals surface area contributed by atoms with Crippen LogP contribution in [0.1, 0.15) is 17.8 Å². The molecule has 1 aliphatic rings. The molecule has 0 saturated heterocycles. The molecular formula is C18H16N2O3S2. The Hall–Kier alpha value is -2.38. The molecule has 1 atom stereocenters. The third-order valence-electron chi connectivity index (χ3n) is 4.32. The van der Waals surface area contributed by atoms with Gasteiger partial charge >= 0.3 is 0 Å². The zero-order valence-electron chi connectivity index (χ0n) is 13.5. The molecule has 1 aromatic heterocycles. The summed E-state index contributed by atoms with van der Waals surface area (Å²) in [4.78, 5) is 13.7. The molecule has 0 unspecified atom stereocenters. The van der Waals surface area contributed by atoms with Crippen LogP contribution in [0.2, 0.25) is 0 Å². The summed E-state index contributed by atoms with van der Waals surface area (Å²) in [5, 5.41) is 6.36. The van der Waals surface area contributed by atoms with Gasteiger partial charge in [-0.2, -0.15) is 0 Å². The number of amides is 1. The number of hydrogen-bond donors (Lipinski definition) is 1. The highest BCUT2D eigenvalue weighted by Crippen LogP contribution is 2.41. The Morgan fingerprint density at radius 1 is 1.16 bits per heavy atom. The summed E-state index contributed by atoms with van der Waals surface area (Å²) >= 11 is 1.55. The lowest BCUT2D eigenvalue weighted by Gasteiger charge is -2.20. The van der Waals surface area contributed by atoms with E-state index in [2.05, 4.69) is 5.32 Å². The van der Waals surface area contributed by atoms with Crippen molar-refractivity contribution in [3.63, 3.8) is 0 Å². The van der Waals surface area contributed by atoms with Gasteiger partial charge in [-0.15, -0.1) is 11.3 Å². The van der Waals surface area contributed by atoms with Crippen LogP contribution in [0.5, 0.6) is 0 Å². The van der Waals surface area contributed by atoms with E-state index in [9.17, 15) is 13.2 Å². The van der Waals surface area contributed by atoms with E-state index < -0.39 is 10.0 Å². The summed E-state index contributed by atoms with van der Waals surface area (Å²) in [5.74, 6) is -0.325. The molecule has 1 aliphatic heterocycles. The van der Waals surface area contributed by atoms with Gasteiger partial charge in [0, 0.05) is 10.3 Å². The number of carbonyl (C=O) groups excluding carboxylic acids is 1. The second kappa shape index (κ2) is 5.86. The van der Waals surface area contributed by atoms with Crippen LogP contribution in [0.25, 0.3) is 10.8 Å². The maximum atomic E-state index is 12.9. The smallest absolute Gasteiger partial charge is 0.265 e. The van der Waals surface area contributed by atoms with Crippen LogP contribution >= 0.6 is 11.3 Å². The van der Waals surface area contributed by atoms with Crippen LogP contribution in [-0.4, -0.2) is 20.9 Å². The number of anilines is 1. The molecule has 5 nitrogen and oxygen atoms in total. The van der Waals surface area contributed by atoms with E-state index in [1.54, 1.807) is 29.5 Å². The number of carbonyl (C=O) groups is 1. The largest absolute Gasteiger partial charge is 0.347 e. The van der Waals surface area contributed by atoms with Crippen molar-refractivity contribution < 1.29 is 13.2 Å². The Balaban J connectivity index is 1.63. The SMILES string of the molecule is C[C@@H](NC(=O)CN1c2cccc3cccc(c23)S1(=O)=O)c1cccs1. The molecule has 3 aromatic rings. The van der Waals surface area contributed by atoms with Gasteiger partial charge in [0.05, 0.1) is 16.6 Å². The Morgan fingerprint density at radius 3 is 2.64 bits per heavy atom. The van der Waals surface area contributed by atoms with Crippen molar-refractivity contribution >= 4 is 43.7 Å². The first-order valence-electron chi connectivity index (χ1n) is 7.86. The second-order valence-corrected chi connectivity index (χ2v) is 8.76. The standard InChI is InChI=1S/C18H16N2O3S2/c1-12(15-8-4-10-24-15)19-17(21)11-20-14-7-2-5-13-6-3-9-16(18(13)14)25(20,22)23/h2-10,12H,11H2,1H3,(H,19,21)/t12-/m1/s1. The Kier molecular flexibility index (Phi) is 3.77. The number of rotatable bonds is 4. The minimum absolute atomic E-state index is 0.157. The summed E-state index contributed by atoms with van der Waals surface area (Å²) in [5.41, 5.74) is 0.562. The van der Waals surface area contributed by atoms with Gasteiger partial charge in [-0.3, -0.25) is 9.10 Å². The Bertz CT molecular complexity index is 1050. The minimum atomic E-state index is -3.71. The first kappa shape index (κ1) is 16.1. The van der Waals surface area contributed by atoms with E-state index in [4.69, 9.17) is 0 Å². The molecule has 4 rings (SSSR count). The van der Waals surface area contributed by atoms with Gasteiger partial charge in [0.2, 0.25) is 5.91 Å². The molecule has 2 aromatic carbocycles. The van der Waals surface area contributed by atoms with Crippen molar-refractivity contribution in [2.24, 2.45) is 0 Å². The Labute approximate surface area is 149 Å². The van der Waals surface area contributed by atoms with Crippen LogP contribution in [-0.2, 0) is 14.8 Å². The lowest BCUT2D eigenvalue weighted by atomic mass is 10.1. The fourth-order valence-corrected chi connectivity index (χ4v) is 5.56. The lowest BCUT2D eigenvalue weighted by Crippen LogP contribution is -2.39. The van der Waals surface area contributed by atoms with Crippen molar-refractivity contribution in [2.75, 3.05) is 10.8 Å². The topological polar surface area (TPSA) is 66.5 Å². The maximum Gasteiger partial charge on any atom is 0.265 e. The van der Waals surface area contributed by atoms with Crippen LogP contribution in [0.4, 0.5) is 5.69 Å². The summed E-state index contributed by atoms with van der Waals surface area (Å²) in [6.45, 7) is 1.66. The highest BCUT2D eigenvalue weighted by molar-refractivity contribution is 7.93. The summed E-state index contributed by atoms with van der Waals surface area (Å²) in [7, 11) is -3.71. The first-order valence-corrected chi connectivity index (χ1v) is 10.2. The van der Waals surface area contributed by atoms with Crippen LogP contribution in [0, 0.1) is 0 Å². The van der Waals surface area contributed by atoms with Gasteiger partial charge in [-0.1, -0.05) is 30.3 Å². The molecule has 2 heterocycles. The molecule has 1 amide bonds. The van der Waals surface area contributed by atoms with Crippen LogP contribution in [0.3, 0.4) is 0 Å². The molecule has 0 bridgehead atoms. The second-order valence-electron chi connectivity index (χ2n) is 5.95. The van der Waals surface area contributed by atoms with E-state index in [1.807, 2.05) is 42.6 Å². The molecule has 0 radical (unpaired) electrons. The predicted molar refractivity (Wildman–Crippen MR) is 99.4 cm³/mol. The fraction of sp³-hybridized carbons (Fsp3) is 0.167. The highest BCUT2D eigenvalue weighted by atomic mass is 32.2. The molecule has 1 N–H and O–H groups in total. The lowest BCUT2D eigenvalue weighted by molar-refractivity contribution is -0.120. The third-order valence-corrected chi connectivity index (χ3v) is 7.17. The number of sulfonamides is 1. The predicted octanol–water partition coefficient (Wildman–Crippen LogP) is 3.29. The van der Waals surface area contributed by atoms with Gasteiger partial charge in [-0.05, 0) is 35.9 Å². The number of nitrogens with one attached hydrogen (secondary N) is 1. The fourth-order valence-electron chi connectivity index (χ4n) is 3.15. The molecule has 7 heteroatoms. The van der Waals surface area contributed by atoms with Gasteiger partial charge in [0.15, 0.2) is 0 Å². The van der Waals surface area contributed by atoms with Gasteiger partial charge in [-0.25, -0.2) is 8.42 Å². The van der Waals surface area contributed by atoms with E-state index in [0.717, 1.165) is 10.3 Å². The molecule has 0 aliphatic carbocycles.